The van der Waals surface area contributed by atoms with Crippen LogP contribution in [-0.4, -0.2) is 26.8 Å². The molecule has 2 unspecified atom stereocenters. The van der Waals surface area contributed by atoms with Gasteiger partial charge >= 0.3 is 35.5 Å². The Balaban J connectivity index is 0.00000392. The summed E-state index contributed by atoms with van der Waals surface area (Å²) in [4.78, 5) is 24.3. The van der Waals surface area contributed by atoms with Crippen molar-refractivity contribution in [2.75, 3.05) is 20.8 Å². The average molecular weight is 457 g/mol. The third kappa shape index (κ3) is 6.94. The van der Waals surface area contributed by atoms with E-state index in [1.807, 2.05) is 0 Å². The van der Waals surface area contributed by atoms with Gasteiger partial charge in [0.25, 0.3) is 0 Å². The maximum Gasteiger partial charge on any atom is 1.00 e. The van der Waals surface area contributed by atoms with Gasteiger partial charge in [-0.25, -0.2) is 4.79 Å². The molecule has 0 fully saturated rings. The Bertz CT molecular complexity index is 848. The van der Waals surface area contributed by atoms with Crippen LogP contribution in [0.25, 0.3) is 0 Å². The minimum absolute atomic E-state index is 0. The number of hydrogen-bond acceptors (Lipinski definition) is 7. The number of esters is 1. The standard InChI is InChI=1S/C17H17Cl2O7P.Na/c1-23-13-6-3-11(4-7-13)17(27(21,22)24-2)26-16(20)10-25-15-8-5-12(18)9-14(15)19;/h3-9,17H,10H2,1-2H3,(H,21,22);/q;+1/p-1. The summed E-state index contributed by atoms with van der Waals surface area (Å²) in [5.74, 6) is -1.83. The van der Waals surface area contributed by atoms with E-state index < -0.39 is 26.0 Å². The Morgan fingerprint density at radius 1 is 1.14 bits per heavy atom. The molecule has 0 radical (unpaired) electrons. The van der Waals surface area contributed by atoms with E-state index in [9.17, 15) is 14.3 Å². The zero-order valence-corrected chi connectivity index (χ0v) is 19.8. The van der Waals surface area contributed by atoms with Gasteiger partial charge in [0, 0.05) is 17.7 Å². The zero-order chi connectivity index (χ0) is 20.0. The predicted molar refractivity (Wildman–Crippen MR) is 98.4 cm³/mol. The Hall–Kier alpha value is -0.760. The average Bonchev–Trinajstić information content (AvgIpc) is 2.65. The summed E-state index contributed by atoms with van der Waals surface area (Å²) in [6.07, 6.45) is 0. The van der Waals surface area contributed by atoms with Crippen LogP contribution in [0.15, 0.2) is 42.5 Å². The number of rotatable bonds is 8. The number of ether oxygens (including phenoxy) is 3. The van der Waals surface area contributed by atoms with Crippen LogP contribution >= 0.6 is 30.8 Å². The third-order valence-corrected chi connectivity index (χ3v) is 5.44. The molecule has 0 N–H and O–H groups in total. The van der Waals surface area contributed by atoms with E-state index in [1.165, 1.54) is 49.6 Å². The second-order valence-electron chi connectivity index (χ2n) is 5.20. The molecule has 0 aliphatic carbocycles. The van der Waals surface area contributed by atoms with Crippen molar-refractivity contribution < 1.29 is 62.5 Å². The van der Waals surface area contributed by atoms with E-state index in [1.54, 1.807) is 0 Å². The first-order chi connectivity index (χ1) is 12.8. The Labute approximate surface area is 194 Å². The largest absolute Gasteiger partial charge is 1.00 e. The van der Waals surface area contributed by atoms with Crippen molar-refractivity contribution in [2.45, 2.75) is 5.85 Å². The first-order valence-corrected chi connectivity index (χ1v) is 9.91. The summed E-state index contributed by atoms with van der Waals surface area (Å²) in [6, 6.07) is 10.4. The van der Waals surface area contributed by atoms with Crippen LogP contribution in [0.2, 0.25) is 10.0 Å². The van der Waals surface area contributed by atoms with Gasteiger partial charge < -0.3 is 28.2 Å². The van der Waals surface area contributed by atoms with Gasteiger partial charge in [-0.15, -0.1) is 0 Å². The summed E-state index contributed by atoms with van der Waals surface area (Å²) >= 11 is 11.7. The molecule has 0 bridgehead atoms. The maximum atomic E-state index is 12.2. The monoisotopic (exact) mass is 456 g/mol. The predicted octanol–water partition coefficient (Wildman–Crippen LogP) is 0.827. The van der Waals surface area contributed by atoms with Crippen LogP contribution in [0.5, 0.6) is 11.5 Å². The number of benzene rings is 2. The van der Waals surface area contributed by atoms with Crippen LogP contribution < -0.4 is 43.9 Å². The minimum atomic E-state index is -4.53. The fraction of sp³-hybridized carbons (Fsp3) is 0.235. The first-order valence-electron chi connectivity index (χ1n) is 7.54. The molecule has 2 atom stereocenters. The van der Waals surface area contributed by atoms with E-state index in [0.29, 0.717) is 10.8 Å². The SMILES string of the molecule is COc1ccc(C(OC(=O)COc2ccc(Cl)cc2Cl)P(=O)([O-])OC)cc1.[Na+]. The van der Waals surface area contributed by atoms with Gasteiger partial charge in [-0.1, -0.05) is 35.3 Å². The van der Waals surface area contributed by atoms with Crippen LogP contribution in [0.4, 0.5) is 0 Å². The first kappa shape index (κ1) is 25.3. The maximum absolute atomic E-state index is 12.2. The molecule has 0 spiro atoms. The molecule has 146 valence electrons. The van der Waals surface area contributed by atoms with Gasteiger partial charge in [-0.05, 0) is 30.3 Å². The molecule has 2 aromatic rings. The molecule has 11 heteroatoms. The molecule has 0 saturated carbocycles. The number of carbonyl (C=O) groups is 1. The van der Waals surface area contributed by atoms with Crippen LogP contribution in [0, 0.1) is 0 Å². The van der Waals surface area contributed by atoms with Gasteiger partial charge in [0.2, 0.25) is 0 Å². The van der Waals surface area contributed by atoms with Crippen molar-refractivity contribution in [2.24, 2.45) is 0 Å². The van der Waals surface area contributed by atoms with Gasteiger partial charge in [-0.3, -0.25) is 0 Å². The van der Waals surface area contributed by atoms with Crippen molar-refractivity contribution in [3.05, 3.63) is 58.1 Å². The van der Waals surface area contributed by atoms with Gasteiger partial charge in [-0.2, -0.15) is 0 Å². The Morgan fingerprint density at radius 3 is 2.32 bits per heavy atom. The Morgan fingerprint density at radius 2 is 1.79 bits per heavy atom. The van der Waals surface area contributed by atoms with E-state index in [2.05, 4.69) is 4.52 Å². The second kappa shape index (κ2) is 11.4. The van der Waals surface area contributed by atoms with Gasteiger partial charge in [0.15, 0.2) is 20.0 Å². The van der Waals surface area contributed by atoms with Crippen molar-refractivity contribution in [1.29, 1.82) is 0 Å². The molecule has 2 rings (SSSR count). The van der Waals surface area contributed by atoms with Crippen molar-refractivity contribution in [3.63, 3.8) is 0 Å². The normalized spacial score (nSPS) is 13.6. The van der Waals surface area contributed by atoms with E-state index in [-0.39, 0.29) is 45.9 Å². The molecular formula is C17H16Cl2NaO7P. The zero-order valence-electron chi connectivity index (χ0n) is 15.4. The number of hydrogen-bond donors (Lipinski definition) is 0. The van der Waals surface area contributed by atoms with E-state index >= 15 is 0 Å². The smallest absolute Gasteiger partial charge is 0.776 e. The van der Waals surface area contributed by atoms with Gasteiger partial charge in [0.05, 0.1) is 12.1 Å². The molecule has 0 amide bonds. The number of halogens is 2. The molecule has 0 aliphatic heterocycles. The van der Waals surface area contributed by atoms with Crippen LogP contribution in [0.1, 0.15) is 11.4 Å². The number of carbonyl (C=O) groups excluding carboxylic acids is 1. The summed E-state index contributed by atoms with van der Waals surface area (Å²) in [6.45, 7) is -0.558. The molecule has 2 aromatic carbocycles. The molecule has 0 saturated heterocycles. The van der Waals surface area contributed by atoms with Gasteiger partial charge in [0.1, 0.15) is 11.5 Å². The van der Waals surface area contributed by atoms with Crippen LogP contribution in [-0.2, 0) is 18.6 Å². The molecule has 0 aliphatic rings. The van der Waals surface area contributed by atoms with E-state index in [4.69, 9.17) is 37.4 Å². The Kier molecular flexibility index (Phi) is 10.3. The quantitative estimate of drug-likeness (QED) is 0.329. The minimum Gasteiger partial charge on any atom is -0.776 e. The summed E-state index contributed by atoms with van der Waals surface area (Å²) < 4.78 is 32.1. The molecule has 7 nitrogen and oxygen atoms in total. The summed E-state index contributed by atoms with van der Waals surface area (Å²) in [7, 11) is -2.07. The van der Waals surface area contributed by atoms with Crippen molar-refractivity contribution in [3.8, 4) is 11.5 Å². The fourth-order valence-electron chi connectivity index (χ4n) is 2.07. The number of methoxy groups -OCH3 is 1. The van der Waals surface area contributed by atoms with Crippen molar-refractivity contribution >= 4 is 36.8 Å². The second-order valence-corrected chi connectivity index (χ2v) is 7.96. The topological polar surface area (TPSA) is 94.1 Å². The molecule has 28 heavy (non-hydrogen) atoms. The van der Waals surface area contributed by atoms with Crippen molar-refractivity contribution in [1.82, 2.24) is 0 Å². The summed E-state index contributed by atoms with van der Waals surface area (Å²) in [5, 5.41) is 0.607. The third-order valence-electron chi connectivity index (χ3n) is 3.43. The van der Waals surface area contributed by atoms with Crippen LogP contribution in [0.3, 0.4) is 0 Å². The molecule has 0 aromatic heterocycles. The fourth-order valence-corrected chi connectivity index (χ4v) is 3.51. The summed E-state index contributed by atoms with van der Waals surface area (Å²) in [5.41, 5.74) is 0.203. The van der Waals surface area contributed by atoms with E-state index in [0.717, 1.165) is 7.11 Å². The molecular weight excluding hydrogens is 441 g/mol. The molecule has 0 heterocycles.